The molecule has 102 valence electrons. The van der Waals surface area contributed by atoms with Crippen molar-refractivity contribution in [2.45, 2.75) is 44.6 Å². The Balaban J connectivity index is 1.67. The molecule has 0 atom stereocenters. The van der Waals surface area contributed by atoms with Gasteiger partial charge in [0.1, 0.15) is 11.6 Å². The first-order valence-electron chi connectivity index (χ1n) is 7.56. The monoisotopic (exact) mass is 258 g/mol. The zero-order valence-corrected chi connectivity index (χ0v) is 11.3. The molecule has 4 aliphatic carbocycles. The van der Waals surface area contributed by atoms with Crippen LogP contribution in [0, 0.1) is 23.7 Å². The minimum atomic E-state index is 0.424. The molecule has 0 aromatic carbocycles. The third-order valence-electron chi connectivity index (χ3n) is 5.66. The second kappa shape index (κ2) is 4.17. The molecule has 4 saturated carbocycles. The minimum absolute atomic E-state index is 0.424. The molecule has 5 rings (SSSR count). The average molecular weight is 258 g/mol. The van der Waals surface area contributed by atoms with Crippen molar-refractivity contribution in [3.63, 3.8) is 0 Å². The van der Waals surface area contributed by atoms with Gasteiger partial charge in [-0.2, -0.15) is 0 Å². The number of hydrogen-bond acceptors (Lipinski definition) is 4. The van der Waals surface area contributed by atoms with Crippen LogP contribution in [-0.2, 0) is 6.54 Å². The van der Waals surface area contributed by atoms with E-state index in [1.165, 1.54) is 32.1 Å². The standard InChI is InChI=1S/C15H22N4/c16-6-12-7-18-15(19-14(12)17)13-10-2-8-1-9(4-10)5-11(13)3-8/h7-11,13H,1-6,16H2,(H2,17,18,19). The summed E-state index contributed by atoms with van der Waals surface area (Å²) in [5.41, 5.74) is 12.5. The molecule has 4 bridgehead atoms. The smallest absolute Gasteiger partial charge is 0.134 e. The highest BCUT2D eigenvalue weighted by Crippen LogP contribution is 2.59. The molecule has 0 aliphatic heterocycles. The van der Waals surface area contributed by atoms with E-state index >= 15 is 0 Å². The van der Waals surface area contributed by atoms with Crippen molar-refractivity contribution in [3.8, 4) is 0 Å². The summed E-state index contributed by atoms with van der Waals surface area (Å²) in [5.74, 6) is 5.71. The Bertz CT molecular complexity index is 471. The van der Waals surface area contributed by atoms with Gasteiger partial charge in [0.2, 0.25) is 0 Å². The first kappa shape index (κ1) is 11.6. The van der Waals surface area contributed by atoms with E-state index in [1.54, 1.807) is 0 Å². The summed E-state index contributed by atoms with van der Waals surface area (Å²) in [6.45, 7) is 0.424. The zero-order valence-electron chi connectivity index (χ0n) is 11.3. The Morgan fingerprint density at radius 1 is 1.05 bits per heavy atom. The lowest BCUT2D eigenvalue weighted by Gasteiger charge is -2.53. The van der Waals surface area contributed by atoms with Gasteiger partial charge >= 0.3 is 0 Å². The van der Waals surface area contributed by atoms with E-state index in [0.717, 1.165) is 35.1 Å². The number of hydrogen-bond donors (Lipinski definition) is 2. The van der Waals surface area contributed by atoms with Crippen LogP contribution in [-0.4, -0.2) is 9.97 Å². The summed E-state index contributed by atoms with van der Waals surface area (Å²) < 4.78 is 0. The average Bonchev–Trinajstić information content (AvgIpc) is 2.37. The molecular formula is C15H22N4. The molecule has 4 aliphatic rings. The van der Waals surface area contributed by atoms with Crippen LogP contribution in [0.1, 0.15) is 49.4 Å². The first-order valence-corrected chi connectivity index (χ1v) is 7.56. The molecule has 0 unspecified atom stereocenters. The number of nitrogens with zero attached hydrogens (tertiary/aromatic N) is 2. The summed E-state index contributed by atoms with van der Waals surface area (Å²) in [6, 6.07) is 0. The van der Waals surface area contributed by atoms with Gasteiger partial charge in [-0.1, -0.05) is 0 Å². The lowest BCUT2D eigenvalue weighted by Crippen LogP contribution is -2.44. The highest BCUT2D eigenvalue weighted by Gasteiger charge is 2.49. The van der Waals surface area contributed by atoms with E-state index < -0.39 is 0 Å². The van der Waals surface area contributed by atoms with Gasteiger partial charge in [-0.05, 0) is 55.8 Å². The molecule has 0 amide bonds. The molecule has 0 radical (unpaired) electrons. The van der Waals surface area contributed by atoms with Crippen molar-refractivity contribution in [3.05, 3.63) is 17.6 Å². The SMILES string of the molecule is NCc1cnc(C2C3CC4CC(C3)CC2C4)nc1N. The fraction of sp³-hybridized carbons (Fsp3) is 0.733. The normalized spacial score (nSPS) is 39.7. The summed E-state index contributed by atoms with van der Waals surface area (Å²) >= 11 is 0. The van der Waals surface area contributed by atoms with Gasteiger partial charge < -0.3 is 11.5 Å². The van der Waals surface area contributed by atoms with Crippen molar-refractivity contribution < 1.29 is 0 Å². The maximum Gasteiger partial charge on any atom is 0.134 e. The number of aromatic nitrogens is 2. The Kier molecular flexibility index (Phi) is 2.56. The lowest BCUT2D eigenvalue weighted by atomic mass is 9.51. The predicted molar refractivity (Wildman–Crippen MR) is 74.1 cm³/mol. The minimum Gasteiger partial charge on any atom is -0.383 e. The molecule has 1 aromatic heterocycles. The van der Waals surface area contributed by atoms with Gasteiger partial charge in [0.25, 0.3) is 0 Å². The van der Waals surface area contributed by atoms with Crippen LogP contribution in [0.25, 0.3) is 0 Å². The van der Waals surface area contributed by atoms with Gasteiger partial charge in [-0.15, -0.1) is 0 Å². The maximum absolute atomic E-state index is 5.99. The molecule has 19 heavy (non-hydrogen) atoms. The highest BCUT2D eigenvalue weighted by atomic mass is 15.0. The van der Waals surface area contributed by atoms with E-state index in [-0.39, 0.29) is 0 Å². The third kappa shape index (κ3) is 1.76. The van der Waals surface area contributed by atoms with E-state index in [1.807, 2.05) is 6.20 Å². The summed E-state index contributed by atoms with van der Waals surface area (Å²) in [7, 11) is 0. The first-order chi connectivity index (χ1) is 9.24. The number of anilines is 1. The van der Waals surface area contributed by atoms with Crippen LogP contribution in [0.4, 0.5) is 5.82 Å². The fourth-order valence-corrected chi connectivity index (χ4v) is 5.10. The van der Waals surface area contributed by atoms with Crippen LogP contribution in [0.3, 0.4) is 0 Å². The molecule has 4 N–H and O–H groups in total. The van der Waals surface area contributed by atoms with Crippen molar-refractivity contribution in [2.75, 3.05) is 5.73 Å². The van der Waals surface area contributed by atoms with Crippen LogP contribution in [0.5, 0.6) is 0 Å². The molecule has 1 aromatic rings. The van der Waals surface area contributed by atoms with E-state index in [9.17, 15) is 0 Å². The van der Waals surface area contributed by atoms with Crippen LogP contribution < -0.4 is 11.5 Å². The summed E-state index contributed by atoms with van der Waals surface area (Å²) in [4.78, 5) is 9.16. The summed E-state index contributed by atoms with van der Waals surface area (Å²) in [6.07, 6.45) is 8.87. The third-order valence-corrected chi connectivity index (χ3v) is 5.66. The number of rotatable bonds is 2. The second-order valence-electron chi connectivity index (χ2n) is 6.80. The molecule has 4 nitrogen and oxygen atoms in total. The molecule has 1 heterocycles. The number of nitrogens with two attached hydrogens (primary N) is 2. The van der Waals surface area contributed by atoms with Crippen molar-refractivity contribution in [1.82, 2.24) is 9.97 Å². The largest absolute Gasteiger partial charge is 0.383 e. The molecule has 4 fully saturated rings. The molecule has 0 saturated heterocycles. The second-order valence-corrected chi connectivity index (χ2v) is 6.80. The Labute approximate surface area is 114 Å². The van der Waals surface area contributed by atoms with Crippen molar-refractivity contribution in [1.29, 1.82) is 0 Å². The molecule has 0 spiro atoms. The zero-order chi connectivity index (χ0) is 13.0. The van der Waals surface area contributed by atoms with E-state index in [0.29, 0.717) is 18.3 Å². The molecule has 4 heteroatoms. The van der Waals surface area contributed by atoms with Gasteiger partial charge in [-0.25, -0.2) is 9.97 Å². The fourth-order valence-electron chi connectivity index (χ4n) is 5.10. The van der Waals surface area contributed by atoms with E-state index in [4.69, 9.17) is 11.5 Å². The Morgan fingerprint density at radius 3 is 2.21 bits per heavy atom. The Morgan fingerprint density at radius 2 is 1.68 bits per heavy atom. The van der Waals surface area contributed by atoms with Gasteiger partial charge in [0.15, 0.2) is 0 Å². The van der Waals surface area contributed by atoms with E-state index in [2.05, 4.69) is 9.97 Å². The van der Waals surface area contributed by atoms with Gasteiger partial charge in [0.05, 0.1) is 0 Å². The Hall–Kier alpha value is -1.16. The number of nitrogen functional groups attached to an aromatic ring is 1. The quantitative estimate of drug-likeness (QED) is 0.851. The van der Waals surface area contributed by atoms with Crippen LogP contribution >= 0.6 is 0 Å². The lowest BCUT2D eigenvalue weighted by molar-refractivity contribution is -0.00561. The predicted octanol–water partition coefficient (Wildman–Crippen LogP) is 2.06. The maximum atomic E-state index is 5.99. The summed E-state index contributed by atoms with van der Waals surface area (Å²) in [5, 5.41) is 0. The van der Waals surface area contributed by atoms with Crippen LogP contribution in [0.2, 0.25) is 0 Å². The van der Waals surface area contributed by atoms with Crippen LogP contribution in [0.15, 0.2) is 6.20 Å². The van der Waals surface area contributed by atoms with Gasteiger partial charge in [-0.3, -0.25) is 0 Å². The van der Waals surface area contributed by atoms with Gasteiger partial charge in [0, 0.05) is 24.2 Å². The molecular weight excluding hydrogens is 236 g/mol. The van der Waals surface area contributed by atoms with Crippen molar-refractivity contribution >= 4 is 5.82 Å². The van der Waals surface area contributed by atoms with Crippen molar-refractivity contribution in [2.24, 2.45) is 29.4 Å². The highest BCUT2D eigenvalue weighted by molar-refractivity contribution is 5.38. The topological polar surface area (TPSA) is 77.8 Å².